The number of hydrogen-bond donors (Lipinski definition) is 1. The van der Waals surface area contributed by atoms with Crippen LogP contribution in [0.1, 0.15) is 22.3 Å². The number of carbonyl (C=O) groups is 1. The number of rotatable bonds is 4. The summed E-state index contributed by atoms with van der Waals surface area (Å²) in [6, 6.07) is 5.77. The summed E-state index contributed by atoms with van der Waals surface area (Å²) in [5.41, 5.74) is 8.93. The second kappa shape index (κ2) is 7.18. The van der Waals surface area contributed by atoms with Gasteiger partial charge in [0.2, 0.25) is 11.0 Å². The topological polar surface area (TPSA) is 49.6 Å². The summed E-state index contributed by atoms with van der Waals surface area (Å²) in [6.45, 7) is 3.92. The SMILES string of the molecule is CN1CCN(c2ccc(C(N)=O)c(CC3=CCC(F)(Cl)C=C3)c2)CC1. The molecule has 0 radical (unpaired) electrons. The van der Waals surface area contributed by atoms with Gasteiger partial charge in [0.15, 0.2) is 0 Å². The van der Waals surface area contributed by atoms with Gasteiger partial charge in [0.25, 0.3) is 0 Å². The number of amides is 1. The van der Waals surface area contributed by atoms with Gasteiger partial charge >= 0.3 is 0 Å². The minimum Gasteiger partial charge on any atom is -0.369 e. The van der Waals surface area contributed by atoms with Gasteiger partial charge in [-0.1, -0.05) is 23.8 Å². The van der Waals surface area contributed by atoms with E-state index >= 15 is 0 Å². The Morgan fingerprint density at radius 2 is 2.04 bits per heavy atom. The van der Waals surface area contributed by atoms with Crippen LogP contribution >= 0.6 is 11.6 Å². The van der Waals surface area contributed by atoms with Gasteiger partial charge in [-0.15, -0.1) is 0 Å². The van der Waals surface area contributed by atoms with Crippen molar-refractivity contribution in [2.75, 3.05) is 38.1 Å². The van der Waals surface area contributed by atoms with Crippen LogP contribution in [0.3, 0.4) is 0 Å². The predicted molar refractivity (Wildman–Crippen MR) is 99.9 cm³/mol. The molecule has 0 aromatic heterocycles. The zero-order valence-corrected chi connectivity index (χ0v) is 15.1. The molecule has 25 heavy (non-hydrogen) atoms. The van der Waals surface area contributed by atoms with Crippen molar-refractivity contribution in [3.05, 3.63) is 53.1 Å². The number of likely N-dealkylation sites (N-methyl/N-ethyl adjacent to an activating group) is 1. The lowest BCUT2D eigenvalue weighted by Gasteiger charge is -2.34. The fraction of sp³-hybridized carbons (Fsp3) is 0.421. The average Bonchev–Trinajstić information content (AvgIpc) is 2.57. The molecule has 1 aliphatic carbocycles. The van der Waals surface area contributed by atoms with Crippen molar-refractivity contribution in [1.82, 2.24) is 4.90 Å². The van der Waals surface area contributed by atoms with Gasteiger partial charge in [0, 0.05) is 43.9 Å². The second-order valence-electron chi connectivity index (χ2n) is 6.75. The number of benzene rings is 1. The summed E-state index contributed by atoms with van der Waals surface area (Å²) in [5, 5.41) is -1.81. The fourth-order valence-electron chi connectivity index (χ4n) is 3.21. The first-order valence-corrected chi connectivity index (χ1v) is 8.84. The van der Waals surface area contributed by atoms with Crippen LogP contribution in [0.25, 0.3) is 0 Å². The minimum atomic E-state index is -1.81. The van der Waals surface area contributed by atoms with Gasteiger partial charge in [-0.2, -0.15) is 0 Å². The molecule has 1 saturated heterocycles. The maximum absolute atomic E-state index is 13.7. The molecule has 1 unspecified atom stereocenters. The number of nitrogens with zero attached hydrogens (tertiary/aromatic N) is 2. The normalized spacial score (nSPS) is 24.3. The van der Waals surface area contributed by atoms with Crippen LogP contribution in [0.15, 0.2) is 42.0 Å². The fourth-order valence-corrected chi connectivity index (χ4v) is 3.35. The lowest BCUT2D eigenvalue weighted by molar-refractivity contribution is 0.0999. The molecule has 1 aliphatic heterocycles. The second-order valence-corrected chi connectivity index (χ2v) is 7.38. The molecule has 1 fully saturated rings. The highest BCUT2D eigenvalue weighted by atomic mass is 35.5. The van der Waals surface area contributed by atoms with Crippen molar-refractivity contribution in [1.29, 1.82) is 0 Å². The highest BCUT2D eigenvalue weighted by Gasteiger charge is 2.24. The number of carbonyl (C=O) groups excluding carboxylic acids is 1. The van der Waals surface area contributed by atoms with Crippen LogP contribution in [0.2, 0.25) is 0 Å². The van der Waals surface area contributed by atoms with E-state index in [1.165, 1.54) is 6.08 Å². The third-order valence-corrected chi connectivity index (χ3v) is 5.08. The quantitative estimate of drug-likeness (QED) is 0.837. The average molecular weight is 364 g/mol. The zero-order valence-electron chi connectivity index (χ0n) is 14.3. The third kappa shape index (κ3) is 4.41. The Hall–Kier alpha value is -1.85. The maximum atomic E-state index is 13.7. The summed E-state index contributed by atoms with van der Waals surface area (Å²) in [7, 11) is 2.11. The summed E-state index contributed by atoms with van der Waals surface area (Å²) >= 11 is 5.68. The molecule has 1 aromatic carbocycles. The van der Waals surface area contributed by atoms with E-state index in [1.54, 1.807) is 18.2 Å². The molecule has 1 heterocycles. The minimum absolute atomic E-state index is 0.129. The molecule has 1 amide bonds. The van der Waals surface area contributed by atoms with Crippen LogP contribution in [-0.2, 0) is 6.42 Å². The standard InChI is InChI=1S/C19H23ClFN3O/c1-23-8-10-24(11-9-23)16-2-3-17(18(22)25)15(13-16)12-14-4-6-19(20,21)7-5-14/h2-6,13H,7-12H2,1H3,(H2,22,25). The Balaban J connectivity index is 1.83. The molecule has 0 bridgehead atoms. The Morgan fingerprint density at radius 1 is 1.32 bits per heavy atom. The van der Waals surface area contributed by atoms with E-state index < -0.39 is 11.0 Å². The Bertz CT molecular complexity index is 721. The highest BCUT2D eigenvalue weighted by molar-refractivity contribution is 6.24. The van der Waals surface area contributed by atoms with Crippen LogP contribution in [0.4, 0.5) is 10.1 Å². The lowest BCUT2D eigenvalue weighted by Crippen LogP contribution is -2.44. The lowest BCUT2D eigenvalue weighted by atomic mass is 9.94. The van der Waals surface area contributed by atoms with E-state index in [4.69, 9.17) is 17.3 Å². The van der Waals surface area contributed by atoms with E-state index in [9.17, 15) is 9.18 Å². The van der Waals surface area contributed by atoms with Gasteiger partial charge in [-0.05, 0) is 48.9 Å². The first-order chi connectivity index (χ1) is 11.8. The number of hydrogen-bond acceptors (Lipinski definition) is 3. The molecular weight excluding hydrogens is 341 g/mol. The van der Waals surface area contributed by atoms with Gasteiger partial charge < -0.3 is 15.5 Å². The Kier molecular flexibility index (Phi) is 5.16. The van der Waals surface area contributed by atoms with E-state index in [0.717, 1.165) is 43.0 Å². The van der Waals surface area contributed by atoms with Crippen molar-refractivity contribution in [3.8, 4) is 0 Å². The smallest absolute Gasteiger partial charge is 0.248 e. The van der Waals surface area contributed by atoms with E-state index in [2.05, 4.69) is 16.8 Å². The molecule has 4 nitrogen and oxygen atoms in total. The molecule has 134 valence electrons. The first kappa shape index (κ1) is 18.0. The van der Waals surface area contributed by atoms with Crippen molar-refractivity contribution >= 4 is 23.2 Å². The first-order valence-electron chi connectivity index (χ1n) is 8.46. The van der Waals surface area contributed by atoms with E-state index in [1.807, 2.05) is 12.1 Å². The molecule has 2 N–H and O–H groups in total. The van der Waals surface area contributed by atoms with Crippen LogP contribution in [0, 0.1) is 0 Å². The molecule has 1 atom stereocenters. The van der Waals surface area contributed by atoms with Crippen LogP contribution in [-0.4, -0.2) is 49.2 Å². The number of allylic oxidation sites excluding steroid dienone is 4. The van der Waals surface area contributed by atoms with Crippen molar-refractivity contribution in [2.45, 2.75) is 18.0 Å². The number of anilines is 1. The third-order valence-electron chi connectivity index (χ3n) is 4.79. The number of halogens is 2. The van der Waals surface area contributed by atoms with Gasteiger partial charge in [-0.3, -0.25) is 4.79 Å². The molecule has 2 aliphatic rings. The number of piperazine rings is 1. The molecule has 0 spiro atoms. The largest absolute Gasteiger partial charge is 0.369 e. The summed E-state index contributed by atoms with van der Waals surface area (Å²) < 4.78 is 13.7. The number of alkyl halides is 2. The van der Waals surface area contributed by atoms with E-state index in [0.29, 0.717) is 12.0 Å². The molecule has 3 rings (SSSR count). The molecule has 1 aromatic rings. The van der Waals surface area contributed by atoms with Gasteiger partial charge in [0.1, 0.15) is 0 Å². The van der Waals surface area contributed by atoms with Crippen LogP contribution < -0.4 is 10.6 Å². The maximum Gasteiger partial charge on any atom is 0.248 e. The Labute approximate surface area is 152 Å². The zero-order chi connectivity index (χ0) is 18.0. The van der Waals surface area contributed by atoms with Gasteiger partial charge in [-0.25, -0.2) is 4.39 Å². The summed E-state index contributed by atoms with van der Waals surface area (Å²) in [6.07, 6.45) is 5.48. The highest BCUT2D eigenvalue weighted by Crippen LogP contribution is 2.31. The number of primary amides is 1. The summed E-state index contributed by atoms with van der Waals surface area (Å²) in [4.78, 5) is 16.4. The van der Waals surface area contributed by atoms with Gasteiger partial charge in [0.05, 0.1) is 0 Å². The monoisotopic (exact) mass is 363 g/mol. The molecular formula is C19H23ClFN3O. The Morgan fingerprint density at radius 3 is 2.64 bits per heavy atom. The van der Waals surface area contributed by atoms with Crippen molar-refractivity contribution in [2.24, 2.45) is 5.73 Å². The van der Waals surface area contributed by atoms with Crippen molar-refractivity contribution < 1.29 is 9.18 Å². The van der Waals surface area contributed by atoms with E-state index in [-0.39, 0.29) is 6.42 Å². The van der Waals surface area contributed by atoms with Crippen LogP contribution in [0.5, 0.6) is 0 Å². The predicted octanol–water partition coefficient (Wildman–Crippen LogP) is 2.87. The number of nitrogens with two attached hydrogens (primary N) is 1. The van der Waals surface area contributed by atoms with Crippen molar-refractivity contribution in [3.63, 3.8) is 0 Å². The molecule has 6 heteroatoms. The summed E-state index contributed by atoms with van der Waals surface area (Å²) in [5.74, 6) is -0.447. The molecule has 0 saturated carbocycles.